The maximum absolute atomic E-state index is 6.15. The Bertz CT molecular complexity index is 777. The monoisotopic (exact) mass is 316 g/mol. The Morgan fingerprint density at radius 2 is 1.58 bits per heavy atom. The predicted molar refractivity (Wildman–Crippen MR) is 101 cm³/mol. The molecule has 0 heterocycles. The fourth-order valence-electron chi connectivity index (χ4n) is 2.83. The zero-order valence-corrected chi connectivity index (χ0v) is 14.4. The molecule has 0 aromatic heterocycles. The molecular formula is C23H24O. The lowest BCUT2D eigenvalue weighted by atomic mass is 9.97. The third kappa shape index (κ3) is 3.86. The smallest absolute Gasteiger partial charge is 0.127 e. The van der Waals surface area contributed by atoms with E-state index in [2.05, 4.69) is 74.5 Å². The van der Waals surface area contributed by atoms with Crippen LogP contribution in [0.2, 0.25) is 0 Å². The Kier molecular flexibility index (Phi) is 5.32. The molecule has 24 heavy (non-hydrogen) atoms. The number of ether oxygens (including phenoxy) is 1. The van der Waals surface area contributed by atoms with E-state index in [4.69, 9.17) is 4.74 Å². The maximum Gasteiger partial charge on any atom is 0.127 e. The van der Waals surface area contributed by atoms with Gasteiger partial charge in [-0.05, 0) is 35.1 Å². The summed E-state index contributed by atoms with van der Waals surface area (Å²) in [6, 6.07) is 27.3. The Morgan fingerprint density at radius 1 is 0.833 bits per heavy atom. The van der Waals surface area contributed by atoms with E-state index in [1.54, 1.807) is 0 Å². The van der Waals surface area contributed by atoms with Crippen molar-refractivity contribution in [2.24, 2.45) is 0 Å². The third-order valence-corrected chi connectivity index (χ3v) is 4.50. The molecule has 0 spiro atoms. The number of para-hydroxylation sites is 1. The summed E-state index contributed by atoms with van der Waals surface area (Å²) in [4.78, 5) is 0. The van der Waals surface area contributed by atoms with Crippen molar-refractivity contribution in [2.75, 3.05) is 0 Å². The average Bonchev–Trinajstić information content (AvgIpc) is 2.67. The molecule has 0 aliphatic heterocycles. The fraction of sp³-hybridized carbons (Fsp3) is 0.217. The minimum atomic E-state index is 0.585. The summed E-state index contributed by atoms with van der Waals surface area (Å²) in [5.74, 6) is 1.51. The number of rotatable bonds is 6. The van der Waals surface area contributed by atoms with Crippen LogP contribution in [0, 0.1) is 0 Å². The second-order valence-corrected chi connectivity index (χ2v) is 6.21. The second kappa shape index (κ2) is 7.83. The first-order chi connectivity index (χ1) is 11.8. The molecule has 0 saturated carbocycles. The Balaban J connectivity index is 1.79. The second-order valence-electron chi connectivity index (χ2n) is 6.21. The van der Waals surface area contributed by atoms with Gasteiger partial charge in [0.05, 0.1) is 0 Å². The minimum Gasteiger partial charge on any atom is -0.488 e. The average molecular weight is 316 g/mol. The molecule has 0 bridgehead atoms. The van der Waals surface area contributed by atoms with Gasteiger partial charge < -0.3 is 4.74 Å². The van der Waals surface area contributed by atoms with Crippen molar-refractivity contribution in [3.63, 3.8) is 0 Å². The summed E-state index contributed by atoms with van der Waals surface area (Å²) in [6.07, 6.45) is 1.15. The van der Waals surface area contributed by atoms with E-state index in [1.165, 1.54) is 16.7 Å². The van der Waals surface area contributed by atoms with Gasteiger partial charge >= 0.3 is 0 Å². The highest BCUT2D eigenvalue weighted by atomic mass is 16.5. The van der Waals surface area contributed by atoms with E-state index in [0.717, 1.165) is 17.7 Å². The highest BCUT2D eigenvalue weighted by Crippen LogP contribution is 2.30. The van der Waals surface area contributed by atoms with Crippen LogP contribution in [0.4, 0.5) is 0 Å². The van der Waals surface area contributed by atoms with Gasteiger partial charge in [0.25, 0.3) is 0 Å². The van der Waals surface area contributed by atoms with Crippen LogP contribution in [0.15, 0.2) is 78.9 Å². The van der Waals surface area contributed by atoms with Crippen LogP contribution in [-0.2, 0) is 6.61 Å². The standard InChI is InChI=1S/C23H24O/c1-3-18(2)21-13-9-10-19(16-21)17-24-23-15-8-7-14-22(23)20-11-5-4-6-12-20/h4-16,18H,3,17H2,1-2H3. The summed E-state index contributed by atoms with van der Waals surface area (Å²) in [5.41, 5.74) is 4.92. The van der Waals surface area contributed by atoms with Crippen molar-refractivity contribution >= 4 is 0 Å². The summed E-state index contributed by atoms with van der Waals surface area (Å²) < 4.78 is 6.15. The number of hydrogen-bond acceptors (Lipinski definition) is 1. The zero-order chi connectivity index (χ0) is 16.8. The van der Waals surface area contributed by atoms with Crippen LogP contribution in [0.25, 0.3) is 11.1 Å². The van der Waals surface area contributed by atoms with Crippen molar-refractivity contribution in [2.45, 2.75) is 32.8 Å². The summed E-state index contributed by atoms with van der Waals surface area (Å²) in [7, 11) is 0. The molecule has 3 aromatic carbocycles. The molecule has 0 amide bonds. The van der Waals surface area contributed by atoms with E-state index < -0.39 is 0 Å². The normalized spacial score (nSPS) is 11.9. The fourth-order valence-corrected chi connectivity index (χ4v) is 2.83. The van der Waals surface area contributed by atoms with Crippen LogP contribution in [0.5, 0.6) is 5.75 Å². The molecule has 1 atom stereocenters. The predicted octanol–water partition coefficient (Wildman–Crippen LogP) is 6.45. The van der Waals surface area contributed by atoms with E-state index >= 15 is 0 Å². The lowest BCUT2D eigenvalue weighted by molar-refractivity contribution is 0.307. The molecule has 1 nitrogen and oxygen atoms in total. The number of hydrogen-bond donors (Lipinski definition) is 0. The Morgan fingerprint density at radius 3 is 2.38 bits per heavy atom. The first kappa shape index (κ1) is 16.3. The zero-order valence-electron chi connectivity index (χ0n) is 14.4. The maximum atomic E-state index is 6.15. The van der Waals surface area contributed by atoms with Gasteiger partial charge in [-0.3, -0.25) is 0 Å². The van der Waals surface area contributed by atoms with Gasteiger partial charge in [-0.25, -0.2) is 0 Å². The third-order valence-electron chi connectivity index (χ3n) is 4.50. The molecule has 3 aromatic rings. The van der Waals surface area contributed by atoms with Crippen molar-refractivity contribution < 1.29 is 4.74 Å². The quantitative estimate of drug-likeness (QED) is 0.508. The summed E-state index contributed by atoms with van der Waals surface area (Å²) >= 11 is 0. The van der Waals surface area contributed by atoms with E-state index in [1.807, 2.05) is 18.2 Å². The number of benzene rings is 3. The molecule has 0 N–H and O–H groups in total. The van der Waals surface area contributed by atoms with Crippen LogP contribution >= 0.6 is 0 Å². The van der Waals surface area contributed by atoms with Gasteiger partial charge in [-0.1, -0.05) is 86.6 Å². The Hall–Kier alpha value is -2.54. The molecule has 0 radical (unpaired) electrons. The van der Waals surface area contributed by atoms with Gasteiger partial charge in [-0.15, -0.1) is 0 Å². The first-order valence-corrected chi connectivity index (χ1v) is 8.64. The van der Waals surface area contributed by atoms with Crippen LogP contribution in [0.1, 0.15) is 37.3 Å². The van der Waals surface area contributed by atoms with Gasteiger partial charge in [0, 0.05) is 5.56 Å². The van der Waals surface area contributed by atoms with E-state index in [9.17, 15) is 0 Å². The molecule has 0 aliphatic rings. The molecular weight excluding hydrogens is 292 g/mol. The van der Waals surface area contributed by atoms with Crippen molar-refractivity contribution in [1.82, 2.24) is 0 Å². The molecule has 1 unspecified atom stereocenters. The highest BCUT2D eigenvalue weighted by Gasteiger charge is 2.07. The molecule has 0 aliphatic carbocycles. The molecule has 0 fully saturated rings. The lowest BCUT2D eigenvalue weighted by Gasteiger charge is -2.14. The van der Waals surface area contributed by atoms with Crippen molar-refractivity contribution in [3.8, 4) is 16.9 Å². The summed E-state index contributed by atoms with van der Waals surface area (Å²) in [5, 5.41) is 0. The van der Waals surface area contributed by atoms with Gasteiger partial charge in [0.1, 0.15) is 12.4 Å². The van der Waals surface area contributed by atoms with E-state index in [-0.39, 0.29) is 0 Å². The van der Waals surface area contributed by atoms with Crippen LogP contribution < -0.4 is 4.74 Å². The SMILES string of the molecule is CCC(C)c1cccc(COc2ccccc2-c2ccccc2)c1. The Labute approximate surface area is 144 Å². The minimum absolute atomic E-state index is 0.585. The molecule has 1 heteroatoms. The molecule has 3 rings (SSSR count). The molecule has 0 saturated heterocycles. The van der Waals surface area contributed by atoms with Crippen LogP contribution in [0.3, 0.4) is 0 Å². The van der Waals surface area contributed by atoms with Gasteiger partial charge in [0.15, 0.2) is 0 Å². The van der Waals surface area contributed by atoms with E-state index in [0.29, 0.717) is 12.5 Å². The van der Waals surface area contributed by atoms with Crippen molar-refractivity contribution in [3.05, 3.63) is 90.0 Å². The summed E-state index contributed by atoms with van der Waals surface area (Å²) in [6.45, 7) is 5.09. The lowest BCUT2D eigenvalue weighted by Crippen LogP contribution is -1.99. The van der Waals surface area contributed by atoms with Gasteiger partial charge in [-0.2, -0.15) is 0 Å². The highest BCUT2D eigenvalue weighted by molar-refractivity contribution is 5.70. The van der Waals surface area contributed by atoms with Crippen LogP contribution in [-0.4, -0.2) is 0 Å². The largest absolute Gasteiger partial charge is 0.488 e. The van der Waals surface area contributed by atoms with Crippen molar-refractivity contribution in [1.29, 1.82) is 0 Å². The molecule has 122 valence electrons. The first-order valence-electron chi connectivity index (χ1n) is 8.64. The topological polar surface area (TPSA) is 9.23 Å². The van der Waals surface area contributed by atoms with Gasteiger partial charge in [0.2, 0.25) is 0 Å².